The Kier molecular flexibility index (Phi) is 6.67. The summed E-state index contributed by atoms with van der Waals surface area (Å²) in [6.45, 7) is 6.55. The molecule has 1 aromatic rings. The Labute approximate surface area is 151 Å². The first-order valence-corrected chi connectivity index (χ1v) is 8.77. The van der Waals surface area contributed by atoms with Crippen molar-refractivity contribution in [2.75, 3.05) is 19.8 Å². The number of carbonyl (C=O) groups is 1. The monoisotopic (exact) mass is 352 g/mol. The molecule has 0 aromatic heterocycles. The van der Waals surface area contributed by atoms with Crippen LogP contribution >= 0.6 is 12.4 Å². The molecule has 2 fully saturated rings. The third-order valence-corrected chi connectivity index (χ3v) is 5.55. The topological polar surface area (TPSA) is 55.6 Å². The molecule has 2 N–H and O–H groups in total. The van der Waals surface area contributed by atoms with E-state index in [1.54, 1.807) is 0 Å². The van der Waals surface area contributed by atoms with E-state index < -0.39 is 0 Å². The first-order valence-electron chi connectivity index (χ1n) is 8.77. The Morgan fingerprint density at radius 2 is 1.96 bits per heavy atom. The summed E-state index contributed by atoms with van der Waals surface area (Å²) < 4.78 is 5.38. The van der Waals surface area contributed by atoms with Crippen molar-refractivity contribution in [1.82, 2.24) is 4.90 Å². The van der Waals surface area contributed by atoms with Crippen molar-refractivity contribution in [3.63, 3.8) is 0 Å². The minimum atomic E-state index is -0.378. The number of hydrogen-bond donors (Lipinski definition) is 1. The molecule has 2 heterocycles. The number of ether oxygens (including phenoxy) is 1. The van der Waals surface area contributed by atoms with Crippen molar-refractivity contribution in [2.24, 2.45) is 11.7 Å². The summed E-state index contributed by atoms with van der Waals surface area (Å²) in [7, 11) is 0. The number of nitrogens with two attached hydrogens (primary N) is 1. The molecule has 2 aliphatic rings. The van der Waals surface area contributed by atoms with E-state index in [-0.39, 0.29) is 36.3 Å². The van der Waals surface area contributed by atoms with Gasteiger partial charge < -0.3 is 15.4 Å². The van der Waals surface area contributed by atoms with E-state index in [2.05, 4.69) is 38.1 Å². The summed E-state index contributed by atoms with van der Waals surface area (Å²) in [4.78, 5) is 14.9. The van der Waals surface area contributed by atoms with E-state index >= 15 is 0 Å². The van der Waals surface area contributed by atoms with Gasteiger partial charge in [0.2, 0.25) is 5.91 Å². The van der Waals surface area contributed by atoms with E-state index in [1.165, 1.54) is 11.1 Å². The third kappa shape index (κ3) is 3.93. The smallest absolute Gasteiger partial charge is 0.240 e. The maximum atomic E-state index is 12.9. The number of carbonyl (C=O) groups excluding carboxylic acids is 1. The number of likely N-dealkylation sites (tertiary alicyclic amines) is 1. The van der Waals surface area contributed by atoms with Crippen LogP contribution in [0.4, 0.5) is 0 Å². The lowest BCUT2D eigenvalue weighted by Crippen LogP contribution is -2.50. The van der Waals surface area contributed by atoms with Gasteiger partial charge in [-0.2, -0.15) is 0 Å². The molecule has 4 nitrogen and oxygen atoms in total. The van der Waals surface area contributed by atoms with Crippen LogP contribution in [0, 0.1) is 12.8 Å². The fourth-order valence-corrected chi connectivity index (χ4v) is 4.08. The second-order valence-electron chi connectivity index (χ2n) is 7.10. The van der Waals surface area contributed by atoms with Crippen molar-refractivity contribution < 1.29 is 9.53 Å². The van der Waals surface area contributed by atoms with Gasteiger partial charge in [-0.1, -0.05) is 24.3 Å². The van der Waals surface area contributed by atoms with Crippen LogP contribution in [0.1, 0.15) is 43.2 Å². The molecular formula is C19H29ClN2O2. The quantitative estimate of drug-likeness (QED) is 0.910. The maximum absolute atomic E-state index is 12.9. The van der Waals surface area contributed by atoms with Crippen molar-refractivity contribution in [3.8, 4) is 0 Å². The van der Waals surface area contributed by atoms with Crippen LogP contribution in [0.5, 0.6) is 0 Å². The van der Waals surface area contributed by atoms with Gasteiger partial charge in [0.05, 0.1) is 6.04 Å². The maximum Gasteiger partial charge on any atom is 0.240 e. The Morgan fingerprint density at radius 1 is 1.29 bits per heavy atom. The van der Waals surface area contributed by atoms with Gasteiger partial charge in [-0.3, -0.25) is 4.79 Å². The molecule has 0 bridgehead atoms. The molecule has 2 aliphatic heterocycles. The molecule has 1 aromatic carbocycles. The molecule has 2 saturated heterocycles. The van der Waals surface area contributed by atoms with Crippen LogP contribution in [-0.2, 0) is 9.53 Å². The van der Waals surface area contributed by atoms with Gasteiger partial charge in [-0.15, -0.1) is 12.4 Å². The molecule has 3 unspecified atom stereocenters. The average molecular weight is 353 g/mol. The predicted molar refractivity (Wildman–Crippen MR) is 98.5 cm³/mol. The van der Waals surface area contributed by atoms with Gasteiger partial charge >= 0.3 is 0 Å². The fraction of sp³-hybridized carbons (Fsp3) is 0.632. The van der Waals surface area contributed by atoms with Gasteiger partial charge in [-0.25, -0.2) is 0 Å². The molecule has 0 spiro atoms. The Bertz CT molecular complexity index is 560. The Morgan fingerprint density at radius 3 is 2.62 bits per heavy atom. The van der Waals surface area contributed by atoms with Gasteiger partial charge in [0.25, 0.3) is 0 Å². The SMILES string of the molecule is Cc1ccccc1C1CC(C)N(C(=O)C(N)C2CCOCC2)C1.Cl. The van der Waals surface area contributed by atoms with Crippen molar-refractivity contribution >= 4 is 18.3 Å². The van der Waals surface area contributed by atoms with Crippen LogP contribution in [0.2, 0.25) is 0 Å². The number of nitrogens with zero attached hydrogens (tertiary/aromatic N) is 1. The average Bonchev–Trinajstić information content (AvgIpc) is 2.96. The first kappa shape index (κ1) is 19.2. The summed E-state index contributed by atoms with van der Waals surface area (Å²) in [5.41, 5.74) is 8.98. The zero-order chi connectivity index (χ0) is 16.4. The normalized spacial score (nSPS) is 26.0. The summed E-state index contributed by atoms with van der Waals surface area (Å²) in [5, 5.41) is 0. The van der Waals surface area contributed by atoms with Crippen molar-refractivity contribution in [1.29, 1.82) is 0 Å². The number of aryl methyl sites for hydroxylation is 1. The van der Waals surface area contributed by atoms with Gasteiger partial charge in [0.15, 0.2) is 0 Å². The van der Waals surface area contributed by atoms with Gasteiger partial charge in [0.1, 0.15) is 0 Å². The highest BCUT2D eigenvalue weighted by molar-refractivity contribution is 5.85. The molecule has 1 amide bonds. The molecule has 3 rings (SSSR count). The van der Waals surface area contributed by atoms with E-state index in [1.807, 2.05) is 4.90 Å². The highest BCUT2D eigenvalue weighted by Gasteiger charge is 2.38. The van der Waals surface area contributed by atoms with E-state index in [0.717, 1.165) is 39.0 Å². The summed E-state index contributed by atoms with van der Waals surface area (Å²) >= 11 is 0. The van der Waals surface area contributed by atoms with Crippen molar-refractivity contribution in [2.45, 2.75) is 51.1 Å². The van der Waals surface area contributed by atoms with Crippen LogP contribution in [0.25, 0.3) is 0 Å². The third-order valence-electron chi connectivity index (χ3n) is 5.55. The van der Waals surface area contributed by atoms with Crippen LogP contribution in [-0.4, -0.2) is 42.6 Å². The van der Waals surface area contributed by atoms with Crippen molar-refractivity contribution in [3.05, 3.63) is 35.4 Å². The molecule has 0 aliphatic carbocycles. The Hall–Kier alpha value is -1.10. The Balaban J connectivity index is 0.00000208. The highest BCUT2D eigenvalue weighted by atomic mass is 35.5. The van der Waals surface area contributed by atoms with Crippen LogP contribution < -0.4 is 5.73 Å². The lowest BCUT2D eigenvalue weighted by molar-refractivity contribution is -0.135. The lowest BCUT2D eigenvalue weighted by atomic mass is 9.91. The predicted octanol–water partition coefficient (Wildman–Crippen LogP) is 2.88. The fourth-order valence-electron chi connectivity index (χ4n) is 4.08. The lowest BCUT2D eigenvalue weighted by Gasteiger charge is -2.31. The number of hydrogen-bond acceptors (Lipinski definition) is 3. The molecular weight excluding hydrogens is 324 g/mol. The summed E-state index contributed by atoms with van der Waals surface area (Å²) in [5.74, 6) is 0.818. The second-order valence-corrected chi connectivity index (χ2v) is 7.10. The summed E-state index contributed by atoms with van der Waals surface area (Å²) in [6, 6.07) is 8.39. The molecule has 0 radical (unpaired) electrons. The molecule has 24 heavy (non-hydrogen) atoms. The number of amides is 1. The highest BCUT2D eigenvalue weighted by Crippen LogP contribution is 2.34. The molecule has 0 saturated carbocycles. The second kappa shape index (κ2) is 8.32. The van der Waals surface area contributed by atoms with Gasteiger partial charge in [-0.05, 0) is 50.2 Å². The molecule has 5 heteroatoms. The van der Waals surface area contributed by atoms with Gasteiger partial charge in [0, 0.05) is 31.7 Å². The number of halogens is 1. The molecule has 3 atom stereocenters. The standard InChI is InChI=1S/C19H28N2O2.ClH/c1-13-5-3-4-6-17(13)16-11-14(2)21(12-16)19(22)18(20)15-7-9-23-10-8-15;/h3-6,14-16,18H,7-12,20H2,1-2H3;1H. The first-order chi connectivity index (χ1) is 11.1. The van der Waals surface area contributed by atoms with E-state index in [0.29, 0.717) is 5.92 Å². The largest absolute Gasteiger partial charge is 0.381 e. The number of rotatable bonds is 3. The van der Waals surface area contributed by atoms with Crippen LogP contribution in [0.15, 0.2) is 24.3 Å². The van der Waals surface area contributed by atoms with Crippen LogP contribution in [0.3, 0.4) is 0 Å². The van der Waals surface area contributed by atoms with E-state index in [4.69, 9.17) is 10.5 Å². The minimum Gasteiger partial charge on any atom is -0.381 e. The summed E-state index contributed by atoms with van der Waals surface area (Å²) in [6.07, 6.45) is 2.82. The number of benzene rings is 1. The van der Waals surface area contributed by atoms with E-state index in [9.17, 15) is 4.79 Å². The zero-order valence-corrected chi connectivity index (χ0v) is 15.4. The molecule has 134 valence electrons. The minimum absolute atomic E-state index is 0. The zero-order valence-electron chi connectivity index (χ0n) is 14.6.